The lowest BCUT2D eigenvalue weighted by atomic mass is 10.0. The first-order valence-electron chi connectivity index (χ1n) is 8.87. The summed E-state index contributed by atoms with van der Waals surface area (Å²) in [4.78, 5) is 10.6. The molecule has 0 radical (unpaired) electrons. The largest absolute Gasteiger partial charge is 0.489 e. The van der Waals surface area contributed by atoms with Gasteiger partial charge in [0.2, 0.25) is 0 Å². The Morgan fingerprint density at radius 1 is 0.815 bits per heavy atom. The first-order valence-corrected chi connectivity index (χ1v) is 8.87. The van der Waals surface area contributed by atoms with Crippen molar-refractivity contribution in [2.75, 3.05) is 0 Å². The lowest BCUT2D eigenvalue weighted by Crippen LogP contribution is -1.97. The zero-order valence-corrected chi connectivity index (χ0v) is 15.0. The fraction of sp³-hybridized carbons (Fsp3) is 0.174. The molecule has 0 bridgehead atoms. The number of rotatable bonds is 8. The zero-order valence-electron chi connectivity index (χ0n) is 15.0. The van der Waals surface area contributed by atoms with Gasteiger partial charge < -0.3 is 14.9 Å². The van der Waals surface area contributed by atoms with Crippen molar-refractivity contribution in [2.24, 2.45) is 0 Å². The third-order valence-corrected chi connectivity index (χ3v) is 4.35. The maximum atomic E-state index is 10.6. The molecular weight excluding hydrogens is 340 g/mol. The zero-order chi connectivity index (χ0) is 19.1. The average molecular weight is 362 g/mol. The molecule has 0 unspecified atom stereocenters. The molecule has 0 amide bonds. The van der Waals surface area contributed by atoms with Crippen LogP contribution in [0.2, 0.25) is 0 Å². The molecule has 0 saturated heterocycles. The van der Waals surface area contributed by atoms with Crippen LogP contribution in [0.25, 0.3) is 11.1 Å². The van der Waals surface area contributed by atoms with Crippen LogP contribution in [-0.4, -0.2) is 16.2 Å². The predicted octanol–water partition coefficient (Wildman–Crippen LogP) is 4.44. The van der Waals surface area contributed by atoms with Crippen LogP contribution < -0.4 is 4.74 Å². The van der Waals surface area contributed by atoms with Gasteiger partial charge in [-0.3, -0.25) is 4.79 Å². The first-order chi connectivity index (χ1) is 13.1. The minimum atomic E-state index is -0.780. The smallest absolute Gasteiger partial charge is 0.303 e. The Labute approximate surface area is 158 Å². The van der Waals surface area contributed by atoms with Gasteiger partial charge in [0.15, 0.2) is 0 Å². The lowest BCUT2D eigenvalue weighted by molar-refractivity contribution is -0.136. The van der Waals surface area contributed by atoms with Crippen molar-refractivity contribution in [1.82, 2.24) is 0 Å². The molecule has 138 valence electrons. The van der Waals surface area contributed by atoms with Gasteiger partial charge in [-0.25, -0.2) is 0 Å². The van der Waals surface area contributed by atoms with Gasteiger partial charge in [0.1, 0.15) is 12.4 Å². The van der Waals surface area contributed by atoms with E-state index in [2.05, 4.69) is 0 Å². The number of hydrogen-bond acceptors (Lipinski definition) is 3. The molecule has 0 aliphatic heterocycles. The Kier molecular flexibility index (Phi) is 6.23. The van der Waals surface area contributed by atoms with E-state index in [9.17, 15) is 9.90 Å². The van der Waals surface area contributed by atoms with E-state index in [1.165, 1.54) is 0 Å². The van der Waals surface area contributed by atoms with E-state index < -0.39 is 5.97 Å². The number of carboxylic acid groups (broad SMARTS) is 1. The van der Waals surface area contributed by atoms with Crippen molar-refractivity contribution < 1.29 is 19.7 Å². The summed E-state index contributed by atoms with van der Waals surface area (Å²) in [7, 11) is 0. The van der Waals surface area contributed by atoms with Crippen molar-refractivity contribution in [3.05, 3.63) is 89.5 Å². The molecule has 4 heteroatoms. The minimum Gasteiger partial charge on any atom is -0.489 e. The molecule has 4 nitrogen and oxygen atoms in total. The molecule has 3 aromatic carbocycles. The number of aryl methyl sites for hydroxylation is 1. The van der Waals surface area contributed by atoms with Gasteiger partial charge in [-0.2, -0.15) is 0 Å². The molecule has 0 heterocycles. The van der Waals surface area contributed by atoms with Gasteiger partial charge in [0, 0.05) is 6.42 Å². The minimum absolute atomic E-state index is 0.0254. The van der Waals surface area contributed by atoms with Crippen LogP contribution in [0, 0.1) is 0 Å². The van der Waals surface area contributed by atoms with Crippen LogP contribution in [0.1, 0.15) is 23.1 Å². The summed E-state index contributed by atoms with van der Waals surface area (Å²) < 4.78 is 5.82. The summed E-state index contributed by atoms with van der Waals surface area (Å²) in [6, 6.07) is 23.5. The van der Waals surface area contributed by atoms with Gasteiger partial charge in [-0.15, -0.1) is 0 Å². The van der Waals surface area contributed by atoms with Crippen LogP contribution in [-0.2, 0) is 24.4 Å². The SMILES string of the molecule is O=C(O)CCc1ccc(-c2ccc(OCc3cccc(CO)c3)cc2)cc1. The quantitative estimate of drug-likeness (QED) is 0.622. The van der Waals surface area contributed by atoms with Crippen molar-refractivity contribution in [2.45, 2.75) is 26.1 Å². The Hall–Kier alpha value is -3.11. The van der Waals surface area contributed by atoms with E-state index in [1.54, 1.807) is 0 Å². The summed E-state index contributed by atoms with van der Waals surface area (Å²) >= 11 is 0. The van der Waals surface area contributed by atoms with Gasteiger partial charge in [-0.1, -0.05) is 60.7 Å². The Balaban J connectivity index is 1.60. The molecule has 0 atom stereocenters. The van der Waals surface area contributed by atoms with Gasteiger partial charge >= 0.3 is 5.97 Å². The molecular formula is C23H22O4. The lowest BCUT2D eigenvalue weighted by Gasteiger charge is -2.09. The van der Waals surface area contributed by atoms with Crippen molar-refractivity contribution >= 4 is 5.97 Å². The van der Waals surface area contributed by atoms with Crippen molar-refractivity contribution in [1.29, 1.82) is 0 Å². The third kappa shape index (κ3) is 5.43. The highest BCUT2D eigenvalue weighted by Gasteiger charge is 2.03. The number of aliphatic hydroxyl groups is 1. The van der Waals surface area contributed by atoms with Gasteiger partial charge in [0.25, 0.3) is 0 Å². The Bertz CT molecular complexity index is 883. The standard InChI is InChI=1S/C23H22O4/c24-15-18-2-1-3-19(14-18)16-27-22-11-9-21(10-12-22)20-7-4-17(5-8-20)6-13-23(25)26/h1-5,7-12,14,24H,6,13,15-16H2,(H,25,26). The van der Waals surface area contributed by atoms with E-state index in [-0.39, 0.29) is 13.0 Å². The first kappa shape index (κ1) is 18.7. The second kappa shape index (κ2) is 9.01. The molecule has 0 aliphatic rings. The number of benzene rings is 3. The summed E-state index contributed by atoms with van der Waals surface area (Å²) in [6.07, 6.45) is 0.687. The highest BCUT2D eigenvalue weighted by atomic mass is 16.5. The Morgan fingerprint density at radius 3 is 2.07 bits per heavy atom. The van der Waals surface area contributed by atoms with Gasteiger partial charge in [-0.05, 0) is 46.4 Å². The molecule has 2 N–H and O–H groups in total. The van der Waals surface area contributed by atoms with Crippen LogP contribution in [0.3, 0.4) is 0 Å². The highest BCUT2D eigenvalue weighted by molar-refractivity contribution is 5.67. The van der Waals surface area contributed by atoms with E-state index >= 15 is 0 Å². The number of carboxylic acids is 1. The summed E-state index contributed by atoms with van der Waals surface area (Å²) in [5, 5.41) is 17.9. The molecule has 3 rings (SSSR count). The molecule has 0 aliphatic carbocycles. The second-order valence-electron chi connectivity index (χ2n) is 6.38. The summed E-state index contributed by atoms with van der Waals surface area (Å²) in [5.74, 6) is 0.00369. The van der Waals surface area contributed by atoms with Crippen molar-refractivity contribution in [3.63, 3.8) is 0 Å². The Morgan fingerprint density at radius 2 is 1.44 bits per heavy atom. The van der Waals surface area contributed by atoms with E-state index in [1.807, 2.05) is 72.8 Å². The van der Waals surface area contributed by atoms with E-state index in [0.29, 0.717) is 13.0 Å². The number of aliphatic carboxylic acids is 1. The van der Waals surface area contributed by atoms with Crippen LogP contribution in [0.5, 0.6) is 5.75 Å². The summed E-state index contributed by atoms with van der Waals surface area (Å²) in [6.45, 7) is 0.475. The topological polar surface area (TPSA) is 66.8 Å². The number of ether oxygens (including phenoxy) is 1. The normalized spacial score (nSPS) is 10.6. The monoisotopic (exact) mass is 362 g/mol. The molecule has 3 aromatic rings. The van der Waals surface area contributed by atoms with Crippen molar-refractivity contribution in [3.8, 4) is 16.9 Å². The number of carbonyl (C=O) groups is 1. The molecule has 0 spiro atoms. The second-order valence-corrected chi connectivity index (χ2v) is 6.38. The number of aliphatic hydroxyl groups excluding tert-OH is 1. The fourth-order valence-corrected chi connectivity index (χ4v) is 2.84. The highest BCUT2D eigenvalue weighted by Crippen LogP contribution is 2.23. The molecule has 27 heavy (non-hydrogen) atoms. The van der Waals surface area contributed by atoms with Gasteiger partial charge in [0.05, 0.1) is 6.61 Å². The van der Waals surface area contributed by atoms with E-state index in [0.717, 1.165) is 33.6 Å². The molecule has 0 aromatic heterocycles. The molecule has 0 fully saturated rings. The maximum Gasteiger partial charge on any atom is 0.303 e. The maximum absolute atomic E-state index is 10.6. The van der Waals surface area contributed by atoms with Crippen LogP contribution in [0.15, 0.2) is 72.8 Å². The van der Waals surface area contributed by atoms with Crippen LogP contribution in [0.4, 0.5) is 0 Å². The molecule has 0 saturated carbocycles. The fourth-order valence-electron chi connectivity index (χ4n) is 2.84. The third-order valence-electron chi connectivity index (χ3n) is 4.35. The summed E-state index contributed by atoms with van der Waals surface area (Å²) in [5.41, 5.74) is 5.07. The van der Waals surface area contributed by atoms with Crippen LogP contribution >= 0.6 is 0 Å². The van der Waals surface area contributed by atoms with E-state index in [4.69, 9.17) is 9.84 Å². The predicted molar refractivity (Wildman–Crippen MR) is 105 cm³/mol. The average Bonchev–Trinajstić information content (AvgIpc) is 2.71. The number of hydrogen-bond donors (Lipinski definition) is 2.